The molecule has 2 heterocycles. The molecule has 2 aromatic carbocycles. The lowest BCUT2D eigenvalue weighted by molar-refractivity contribution is -0.134. The molecule has 0 bridgehead atoms. The van der Waals surface area contributed by atoms with Crippen molar-refractivity contribution in [2.75, 3.05) is 46.8 Å². The van der Waals surface area contributed by atoms with Crippen LogP contribution in [0.1, 0.15) is 61.6 Å². The van der Waals surface area contributed by atoms with E-state index in [0.717, 1.165) is 50.0 Å². The molecule has 0 saturated carbocycles. The third-order valence-electron chi connectivity index (χ3n) is 8.16. The Balaban J connectivity index is 1.46. The molecule has 9 heteroatoms. The summed E-state index contributed by atoms with van der Waals surface area (Å²) in [5, 5.41) is 4.06. The van der Waals surface area contributed by atoms with Crippen molar-refractivity contribution < 1.29 is 14.3 Å². The molecule has 0 spiro atoms. The number of ether oxygens (including phenoxy) is 1. The van der Waals surface area contributed by atoms with Crippen molar-refractivity contribution in [2.24, 2.45) is 0 Å². The number of hydrogen-bond acceptors (Lipinski definition) is 4. The summed E-state index contributed by atoms with van der Waals surface area (Å²) in [4.78, 5) is 32.7. The first-order chi connectivity index (χ1) is 19.6. The van der Waals surface area contributed by atoms with E-state index in [1.807, 2.05) is 11.0 Å². The summed E-state index contributed by atoms with van der Waals surface area (Å²) in [5.41, 5.74) is 3.18. The molecule has 1 N–H and O–H groups in total. The topological polar surface area (TPSA) is 65.1 Å². The van der Waals surface area contributed by atoms with Crippen molar-refractivity contribution in [1.29, 1.82) is 0 Å². The van der Waals surface area contributed by atoms with E-state index in [9.17, 15) is 9.59 Å². The monoisotopic (exact) mass is 602 g/mol. The Kier molecular flexibility index (Phi) is 11.2. The molecule has 0 radical (unpaired) electrons. The number of rotatable bonds is 10. The van der Waals surface area contributed by atoms with Gasteiger partial charge in [0.1, 0.15) is 17.9 Å². The SMILES string of the molecule is CC[C@@H](CN(C)C)Oc1cc(C)ccc1C1CCN(C(=O)[C@@H](Cc2ccc(Cl)cc2Cl)NC(=O)N2CCCC2)CC1. The van der Waals surface area contributed by atoms with Crippen LogP contribution in [0, 0.1) is 6.92 Å². The lowest BCUT2D eigenvalue weighted by atomic mass is 9.88. The second-order valence-electron chi connectivity index (χ2n) is 11.7. The number of carbonyl (C=O) groups is 2. The predicted molar refractivity (Wildman–Crippen MR) is 166 cm³/mol. The van der Waals surface area contributed by atoms with E-state index in [0.29, 0.717) is 48.6 Å². The van der Waals surface area contributed by atoms with Gasteiger partial charge in [0.25, 0.3) is 0 Å². The van der Waals surface area contributed by atoms with E-state index in [1.165, 1.54) is 11.1 Å². The van der Waals surface area contributed by atoms with Gasteiger partial charge in [0, 0.05) is 49.2 Å². The number of nitrogens with zero attached hydrogens (tertiary/aromatic N) is 3. The van der Waals surface area contributed by atoms with E-state index < -0.39 is 6.04 Å². The first kappa shape index (κ1) is 31.5. The number of urea groups is 1. The number of likely N-dealkylation sites (N-methyl/N-ethyl adjacent to an activating group) is 1. The number of halogens is 2. The van der Waals surface area contributed by atoms with Gasteiger partial charge in [-0.15, -0.1) is 0 Å². The molecule has 2 atom stereocenters. The third kappa shape index (κ3) is 8.52. The molecule has 2 aliphatic heterocycles. The summed E-state index contributed by atoms with van der Waals surface area (Å²) in [6.07, 6.45) is 5.01. The van der Waals surface area contributed by atoms with Crippen molar-refractivity contribution in [1.82, 2.24) is 20.0 Å². The summed E-state index contributed by atoms with van der Waals surface area (Å²) in [7, 11) is 4.13. The maximum absolute atomic E-state index is 13.9. The van der Waals surface area contributed by atoms with Crippen LogP contribution in [0.4, 0.5) is 4.79 Å². The normalized spacial score (nSPS) is 17.5. The van der Waals surface area contributed by atoms with Crippen LogP contribution in [0.25, 0.3) is 0 Å². The molecule has 0 aromatic heterocycles. The Morgan fingerprint density at radius 3 is 2.37 bits per heavy atom. The summed E-state index contributed by atoms with van der Waals surface area (Å²) < 4.78 is 6.53. The molecular formula is C32H44Cl2N4O3. The second-order valence-corrected chi connectivity index (χ2v) is 12.5. The second kappa shape index (κ2) is 14.6. The van der Waals surface area contributed by atoms with Crippen LogP contribution in [0.5, 0.6) is 5.75 Å². The van der Waals surface area contributed by atoms with Gasteiger partial charge >= 0.3 is 6.03 Å². The molecule has 7 nitrogen and oxygen atoms in total. The first-order valence-corrected chi connectivity index (χ1v) is 15.6. The van der Waals surface area contributed by atoms with Crippen LogP contribution in [-0.4, -0.2) is 85.6 Å². The molecular weight excluding hydrogens is 559 g/mol. The van der Waals surface area contributed by atoms with Gasteiger partial charge in [0.15, 0.2) is 0 Å². The smallest absolute Gasteiger partial charge is 0.318 e. The quantitative estimate of drug-likeness (QED) is 0.354. The fourth-order valence-corrected chi connectivity index (χ4v) is 6.30. The number of nitrogens with one attached hydrogen (secondary N) is 1. The van der Waals surface area contributed by atoms with Crippen molar-refractivity contribution >= 4 is 35.1 Å². The number of benzene rings is 2. The minimum atomic E-state index is -0.701. The minimum absolute atomic E-state index is 0.0700. The van der Waals surface area contributed by atoms with Gasteiger partial charge in [-0.25, -0.2) is 4.79 Å². The van der Waals surface area contributed by atoms with Crippen LogP contribution < -0.4 is 10.1 Å². The van der Waals surface area contributed by atoms with E-state index in [2.05, 4.69) is 56.4 Å². The van der Waals surface area contributed by atoms with Crippen LogP contribution in [0.15, 0.2) is 36.4 Å². The zero-order chi connectivity index (χ0) is 29.5. The predicted octanol–water partition coefficient (Wildman–Crippen LogP) is 6.14. The highest BCUT2D eigenvalue weighted by Gasteiger charge is 2.33. The van der Waals surface area contributed by atoms with Crippen LogP contribution in [0.2, 0.25) is 10.0 Å². The average molecular weight is 604 g/mol. The number of amides is 3. The van der Waals surface area contributed by atoms with Crippen LogP contribution in [-0.2, 0) is 11.2 Å². The Labute approximate surface area is 255 Å². The average Bonchev–Trinajstić information content (AvgIpc) is 3.49. The van der Waals surface area contributed by atoms with Gasteiger partial charge in [-0.2, -0.15) is 0 Å². The Morgan fingerprint density at radius 1 is 1.02 bits per heavy atom. The Bertz CT molecular complexity index is 1190. The Morgan fingerprint density at radius 2 is 1.73 bits per heavy atom. The highest BCUT2D eigenvalue weighted by Crippen LogP contribution is 2.36. The molecule has 0 unspecified atom stereocenters. The molecule has 224 valence electrons. The van der Waals surface area contributed by atoms with Crippen molar-refractivity contribution in [2.45, 2.75) is 70.4 Å². The lowest BCUT2D eigenvalue weighted by Gasteiger charge is -2.36. The van der Waals surface area contributed by atoms with Crippen molar-refractivity contribution in [3.63, 3.8) is 0 Å². The minimum Gasteiger partial charge on any atom is -0.489 e. The first-order valence-electron chi connectivity index (χ1n) is 14.8. The van der Waals surface area contributed by atoms with Gasteiger partial charge in [0.2, 0.25) is 5.91 Å². The van der Waals surface area contributed by atoms with E-state index >= 15 is 0 Å². The molecule has 2 fully saturated rings. The molecule has 2 aromatic rings. The van der Waals surface area contributed by atoms with Crippen molar-refractivity contribution in [3.8, 4) is 5.75 Å². The van der Waals surface area contributed by atoms with Gasteiger partial charge in [-0.3, -0.25) is 4.79 Å². The number of aryl methyl sites for hydroxylation is 1. The van der Waals surface area contributed by atoms with E-state index in [1.54, 1.807) is 17.0 Å². The standard InChI is InChI=1S/C32H44Cl2N4O3/c1-5-26(21-36(3)4)41-30-18-22(2)8-11-27(30)23-12-16-37(17-13-23)31(39)29(35-32(40)38-14-6-7-15-38)19-24-9-10-25(33)20-28(24)34/h8-11,18,20,23,26,29H,5-7,12-17,19,21H2,1-4H3,(H,35,40)/t26-,29+/m0/s1. The molecule has 3 amide bonds. The number of carbonyl (C=O) groups excluding carboxylic acids is 2. The van der Waals surface area contributed by atoms with Gasteiger partial charge in [-0.05, 0) is 93.9 Å². The molecule has 41 heavy (non-hydrogen) atoms. The fraction of sp³-hybridized carbons (Fsp3) is 0.562. The zero-order valence-corrected chi connectivity index (χ0v) is 26.3. The highest BCUT2D eigenvalue weighted by atomic mass is 35.5. The summed E-state index contributed by atoms with van der Waals surface area (Å²) >= 11 is 12.6. The van der Waals surface area contributed by atoms with Crippen LogP contribution in [0.3, 0.4) is 0 Å². The summed E-state index contributed by atoms with van der Waals surface area (Å²) in [5.74, 6) is 1.19. The molecule has 4 rings (SSSR count). The van der Waals surface area contributed by atoms with E-state index in [4.69, 9.17) is 27.9 Å². The number of hydrogen-bond donors (Lipinski definition) is 1. The molecule has 2 saturated heterocycles. The van der Waals surface area contributed by atoms with Crippen molar-refractivity contribution in [3.05, 3.63) is 63.1 Å². The van der Waals surface area contributed by atoms with E-state index in [-0.39, 0.29) is 18.0 Å². The van der Waals surface area contributed by atoms with Gasteiger partial charge < -0.3 is 24.8 Å². The third-order valence-corrected chi connectivity index (χ3v) is 8.75. The summed E-state index contributed by atoms with van der Waals surface area (Å²) in [6.45, 7) is 7.78. The number of piperidine rings is 1. The highest BCUT2D eigenvalue weighted by molar-refractivity contribution is 6.35. The van der Waals surface area contributed by atoms with Crippen LogP contribution >= 0.6 is 23.2 Å². The fourth-order valence-electron chi connectivity index (χ4n) is 5.82. The largest absolute Gasteiger partial charge is 0.489 e. The zero-order valence-electron chi connectivity index (χ0n) is 24.8. The lowest BCUT2D eigenvalue weighted by Crippen LogP contribution is -2.54. The maximum atomic E-state index is 13.9. The number of likely N-dealkylation sites (tertiary alicyclic amines) is 2. The van der Waals surface area contributed by atoms with Gasteiger partial charge in [0.05, 0.1) is 0 Å². The van der Waals surface area contributed by atoms with Gasteiger partial charge in [-0.1, -0.05) is 48.3 Å². The maximum Gasteiger partial charge on any atom is 0.318 e. The molecule has 0 aliphatic carbocycles. The summed E-state index contributed by atoms with van der Waals surface area (Å²) in [6, 6.07) is 10.9. The Hall–Kier alpha value is -2.48. The molecule has 2 aliphatic rings.